The van der Waals surface area contributed by atoms with E-state index in [0.29, 0.717) is 18.5 Å². The maximum absolute atomic E-state index is 5.44. The molecule has 0 amide bonds. The van der Waals surface area contributed by atoms with Gasteiger partial charge in [0.1, 0.15) is 0 Å². The predicted octanol–water partition coefficient (Wildman–Crippen LogP) is 2.12. The van der Waals surface area contributed by atoms with Gasteiger partial charge in [0.15, 0.2) is 0 Å². The van der Waals surface area contributed by atoms with E-state index in [-0.39, 0.29) is 0 Å². The van der Waals surface area contributed by atoms with Crippen molar-refractivity contribution in [3.8, 4) is 0 Å². The van der Waals surface area contributed by atoms with Crippen LogP contribution in [0.2, 0.25) is 0 Å². The molecule has 0 radical (unpaired) electrons. The molecule has 0 bridgehead atoms. The number of unbranched alkanes of at least 4 members (excludes halogenated alkanes) is 1. The van der Waals surface area contributed by atoms with E-state index >= 15 is 0 Å². The Kier molecular flexibility index (Phi) is 7.83. The highest BCUT2D eigenvalue weighted by Crippen LogP contribution is 2.06. The fourth-order valence-electron chi connectivity index (χ4n) is 1.34. The van der Waals surface area contributed by atoms with Crippen molar-refractivity contribution in [3.05, 3.63) is 5.89 Å². The third kappa shape index (κ3) is 6.53. The van der Waals surface area contributed by atoms with Crippen LogP contribution in [0.15, 0.2) is 4.42 Å². The van der Waals surface area contributed by atoms with E-state index in [1.54, 1.807) is 0 Å². The van der Waals surface area contributed by atoms with Crippen molar-refractivity contribution in [3.63, 3.8) is 0 Å². The van der Waals surface area contributed by atoms with Crippen LogP contribution >= 0.6 is 11.8 Å². The number of anilines is 1. The Morgan fingerprint density at radius 2 is 2.12 bits per heavy atom. The molecule has 0 aliphatic rings. The summed E-state index contributed by atoms with van der Waals surface area (Å²) in [4.78, 5) is 0. The van der Waals surface area contributed by atoms with Crippen LogP contribution in [0, 0.1) is 0 Å². The molecular formula is C11H22N4OS. The van der Waals surface area contributed by atoms with Crippen molar-refractivity contribution in [1.82, 2.24) is 15.5 Å². The first-order valence-corrected chi connectivity index (χ1v) is 7.52. The summed E-state index contributed by atoms with van der Waals surface area (Å²) in [7, 11) is 0. The zero-order valence-corrected chi connectivity index (χ0v) is 11.5. The molecule has 0 spiro atoms. The Morgan fingerprint density at radius 1 is 1.24 bits per heavy atom. The van der Waals surface area contributed by atoms with E-state index in [0.717, 1.165) is 25.9 Å². The highest BCUT2D eigenvalue weighted by atomic mass is 32.2. The second-order valence-corrected chi connectivity index (χ2v) is 4.79. The van der Waals surface area contributed by atoms with Crippen molar-refractivity contribution >= 4 is 17.8 Å². The molecule has 2 N–H and O–H groups in total. The summed E-state index contributed by atoms with van der Waals surface area (Å²) in [5.41, 5.74) is 0. The lowest BCUT2D eigenvalue weighted by Gasteiger charge is -2.00. The topological polar surface area (TPSA) is 63.0 Å². The highest BCUT2D eigenvalue weighted by Gasteiger charge is 2.03. The van der Waals surface area contributed by atoms with Crippen LogP contribution in [0.3, 0.4) is 0 Å². The second kappa shape index (κ2) is 9.30. The molecule has 0 atom stereocenters. The molecular weight excluding hydrogens is 236 g/mol. The van der Waals surface area contributed by atoms with Gasteiger partial charge in [-0.25, -0.2) is 0 Å². The molecule has 5 nitrogen and oxygen atoms in total. The third-order valence-corrected chi connectivity index (χ3v) is 2.92. The van der Waals surface area contributed by atoms with Gasteiger partial charge in [0.25, 0.3) is 0 Å². The summed E-state index contributed by atoms with van der Waals surface area (Å²) >= 11 is 1.88. The van der Waals surface area contributed by atoms with Gasteiger partial charge < -0.3 is 15.1 Å². The Bertz CT molecular complexity index is 293. The lowest BCUT2D eigenvalue weighted by molar-refractivity contribution is 0.476. The van der Waals surface area contributed by atoms with Crippen molar-refractivity contribution in [1.29, 1.82) is 0 Å². The third-order valence-electron chi connectivity index (χ3n) is 2.22. The van der Waals surface area contributed by atoms with E-state index in [1.165, 1.54) is 12.2 Å². The Labute approximate surface area is 107 Å². The molecule has 1 heterocycles. The minimum atomic E-state index is 0.530. The zero-order chi connectivity index (χ0) is 12.3. The van der Waals surface area contributed by atoms with Crippen LogP contribution in [0.25, 0.3) is 0 Å². The van der Waals surface area contributed by atoms with Gasteiger partial charge in [0.2, 0.25) is 5.89 Å². The lowest BCUT2D eigenvalue weighted by atomic mass is 10.3. The standard InChI is InChI=1S/C11H22N4OS/c1-3-6-12-9-10-14-15-11(16-10)13-7-4-5-8-17-2/h12H,3-9H2,1-2H3,(H,13,15). The van der Waals surface area contributed by atoms with E-state index in [1.807, 2.05) is 11.8 Å². The number of rotatable bonds is 10. The molecule has 0 unspecified atom stereocenters. The van der Waals surface area contributed by atoms with Gasteiger partial charge in [-0.05, 0) is 37.8 Å². The van der Waals surface area contributed by atoms with Crippen molar-refractivity contribution in [2.45, 2.75) is 32.7 Å². The minimum absolute atomic E-state index is 0.530. The van der Waals surface area contributed by atoms with Crippen LogP contribution in [0.5, 0.6) is 0 Å². The highest BCUT2D eigenvalue weighted by molar-refractivity contribution is 7.98. The maximum atomic E-state index is 5.44. The molecule has 0 saturated carbocycles. The Hall–Kier alpha value is -0.750. The molecule has 0 saturated heterocycles. The number of aromatic nitrogens is 2. The molecule has 0 aliphatic heterocycles. The smallest absolute Gasteiger partial charge is 0.315 e. The summed E-state index contributed by atoms with van der Waals surface area (Å²) in [5.74, 6) is 1.85. The Balaban J connectivity index is 2.12. The second-order valence-electron chi connectivity index (χ2n) is 3.80. The SMILES string of the molecule is CCCNCc1nnc(NCCCCSC)o1. The minimum Gasteiger partial charge on any atom is -0.407 e. The molecule has 17 heavy (non-hydrogen) atoms. The Morgan fingerprint density at radius 3 is 2.88 bits per heavy atom. The van der Waals surface area contributed by atoms with Gasteiger partial charge in [0, 0.05) is 6.54 Å². The fraction of sp³-hybridized carbons (Fsp3) is 0.818. The molecule has 1 rings (SSSR count). The number of nitrogens with one attached hydrogen (secondary N) is 2. The van der Waals surface area contributed by atoms with Crippen LogP contribution in [-0.2, 0) is 6.54 Å². The van der Waals surface area contributed by atoms with Crippen LogP contribution in [-0.4, -0.2) is 35.3 Å². The number of hydrogen-bond donors (Lipinski definition) is 2. The summed E-state index contributed by atoms with van der Waals surface area (Å²) in [5, 5.41) is 14.3. The average molecular weight is 258 g/mol. The molecule has 0 aliphatic carbocycles. The van der Waals surface area contributed by atoms with Crippen molar-refractivity contribution in [2.24, 2.45) is 0 Å². The van der Waals surface area contributed by atoms with Gasteiger partial charge in [-0.1, -0.05) is 12.0 Å². The van der Waals surface area contributed by atoms with E-state index < -0.39 is 0 Å². The first-order valence-electron chi connectivity index (χ1n) is 6.12. The van der Waals surface area contributed by atoms with Gasteiger partial charge in [0.05, 0.1) is 6.54 Å². The van der Waals surface area contributed by atoms with Gasteiger partial charge in [-0.15, -0.1) is 5.10 Å². The quantitative estimate of drug-likeness (QED) is 0.627. The first-order chi connectivity index (χ1) is 8.36. The van der Waals surface area contributed by atoms with Crippen molar-refractivity contribution < 1.29 is 4.42 Å². The molecule has 1 aromatic heterocycles. The van der Waals surface area contributed by atoms with Crippen LogP contribution in [0.4, 0.5) is 6.01 Å². The fourth-order valence-corrected chi connectivity index (χ4v) is 1.83. The van der Waals surface area contributed by atoms with Gasteiger partial charge >= 0.3 is 6.01 Å². The van der Waals surface area contributed by atoms with Crippen molar-refractivity contribution in [2.75, 3.05) is 30.4 Å². The largest absolute Gasteiger partial charge is 0.407 e. The van der Waals surface area contributed by atoms with E-state index in [4.69, 9.17) is 4.42 Å². The molecule has 0 aromatic carbocycles. The van der Waals surface area contributed by atoms with E-state index in [2.05, 4.69) is 34.0 Å². The van der Waals surface area contributed by atoms with Gasteiger partial charge in [-0.2, -0.15) is 11.8 Å². The molecule has 98 valence electrons. The van der Waals surface area contributed by atoms with Crippen LogP contribution < -0.4 is 10.6 Å². The first kappa shape index (κ1) is 14.3. The lowest BCUT2D eigenvalue weighted by Crippen LogP contribution is -2.13. The number of nitrogens with zero attached hydrogens (tertiary/aromatic N) is 2. The zero-order valence-electron chi connectivity index (χ0n) is 10.7. The summed E-state index contributed by atoms with van der Waals surface area (Å²) in [6.45, 7) is 4.64. The normalized spacial score (nSPS) is 10.7. The van der Waals surface area contributed by atoms with E-state index in [9.17, 15) is 0 Å². The average Bonchev–Trinajstić information content (AvgIpc) is 2.77. The molecule has 6 heteroatoms. The summed E-state index contributed by atoms with van der Waals surface area (Å²) in [6, 6.07) is 0.530. The molecule has 1 aromatic rings. The summed E-state index contributed by atoms with van der Waals surface area (Å²) < 4.78 is 5.44. The van der Waals surface area contributed by atoms with Gasteiger partial charge in [-0.3, -0.25) is 0 Å². The predicted molar refractivity (Wildman–Crippen MR) is 72.4 cm³/mol. The van der Waals surface area contributed by atoms with Crippen LogP contribution in [0.1, 0.15) is 32.1 Å². The monoisotopic (exact) mass is 258 g/mol. The molecule has 0 fully saturated rings. The number of hydrogen-bond acceptors (Lipinski definition) is 6. The summed E-state index contributed by atoms with van der Waals surface area (Å²) in [6.07, 6.45) is 5.58. The maximum Gasteiger partial charge on any atom is 0.315 e. The number of thioether (sulfide) groups is 1.